The number of nitrogens with zero attached hydrogens (tertiary/aromatic N) is 2. The van der Waals surface area contributed by atoms with Crippen molar-refractivity contribution in [3.05, 3.63) is 70.4 Å². The molecule has 2 heterocycles. The van der Waals surface area contributed by atoms with Gasteiger partial charge in [0.05, 0.1) is 12.7 Å². The Morgan fingerprint density at radius 1 is 1.10 bits per heavy atom. The van der Waals surface area contributed by atoms with Crippen LogP contribution in [0, 0.1) is 0 Å². The summed E-state index contributed by atoms with van der Waals surface area (Å²) >= 11 is 0. The summed E-state index contributed by atoms with van der Waals surface area (Å²) in [7, 11) is 1.59. The standard InChI is InChI=1S/C22H20N2O5/c1-3-6-14-11-21(25)28-19-12-15(9-10-16(14)19)27-13-20-23-22(24-29-20)17-7-4-5-8-18(17)26-2/h4-5,7-12H,3,6,13H2,1-2H3. The summed E-state index contributed by atoms with van der Waals surface area (Å²) in [6, 6.07) is 14.4. The number of hydrogen-bond donors (Lipinski definition) is 0. The predicted octanol–water partition coefficient (Wildman–Crippen LogP) is 4.38. The third kappa shape index (κ3) is 3.99. The van der Waals surface area contributed by atoms with E-state index in [1.165, 1.54) is 0 Å². The zero-order chi connectivity index (χ0) is 20.2. The van der Waals surface area contributed by atoms with Crippen LogP contribution < -0.4 is 15.1 Å². The van der Waals surface area contributed by atoms with Gasteiger partial charge in [-0.1, -0.05) is 30.6 Å². The first-order valence-electron chi connectivity index (χ1n) is 9.33. The molecule has 7 heteroatoms. The minimum absolute atomic E-state index is 0.0898. The number of fused-ring (bicyclic) bond motifs is 1. The summed E-state index contributed by atoms with van der Waals surface area (Å²) < 4.78 is 21.7. The zero-order valence-corrected chi connectivity index (χ0v) is 16.2. The van der Waals surface area contributed by atoms with Gasteiger partial charge in [0.2, 0.25) is 5.82 Å². The highest BCUT2D eigenvalue weighted by atomic mass is 16.5. The molecule has 29 heavy (non-hydrogen) atoms. The van der Waals surface area contributed by atoms with Gasteiger partial charge in [0, 0.05) is 17.5 Å². The molecule has 0 unspecified atom stereocenters. The van der Waals surface area contributed by atoms with Crippen LogP contribution in [0.5, 0.6) is 11.5 Å². The molecule has 0 aliphatic rings. The van der Waals surface area contributed by atoms with E-state index >= 15 is 0 Å². The van der Waals surface area contributed by atoms with E-state index in [-0.39, 0.29) is 12.2 Å². The third-order valence-electron chi connectivity index (χ3n) is 4.50. The molecule has 0 spiro atoms. The quantitative estimate of drug-likeness (QED) is 0.431. The van der Waals surface area contributed by atoms with Crippen LogP contribution in [0.4, 0.5) is 0 Å². The molecule has 0 N–H and O–H groups in total. The average Bonchev–Trinajstić information content (AvgIpc) is 3.21. The van der Waals surface area contributed by atoms with Gasteiger partial charge in [0.15, 0.2) is 6.61 Å². The highest BCUT2D eigenvalue weighted by Gasteiger charge is 2.13. The normalized spacial score (nSPS) is 11.0. The van der Waals surface area contributed by atoms with Gasteiger partial charge >= 0.3 is 5.63 Å². The van der Waals surface area contributed by atoms with Crippen LogP contribution in [0.3, 0.4) is 0 Å². The van der Waals surface area contributed by atoms with Gasteiger partial charge in [0.25, 0.3) is 5.89 Å². The maximum atomic E-state index is 11.8. The molecule has 2 aromatic carbocycles. The van der Waals surface area contributed by atoms with Gasteiger partial charge in [0.1, 0.15) is 17.1 Å². The average molecular weight is 392 g/mol. The van der Waals surface area contributed by atoms with Gasteiger partial charge in [-0.15, -0.1) is 0 Å². The summed E-state index contributed by atoms with van der Waals surface area (Å²) in [5.41, 5.74) is 1.85. The minimum atomic E-state index is -0.364. The Bertz CT molecular complexity index is 1200. The number of aromatic nitrogens is 2. The van der Waals surface area contributed by atoms with Crippen molar-refractivity contribution in [2.24, 2.45) is 0 Å². The van der Waals surface area contributed by atoms with Crippen molar-refractivity contribution in [2.75, 3.05) is 7.11 Å². The lowest BCUT2D eigenvalue weighted by Crippen LogP contribution is -2.01. The number of rotatable bonds is 7. The fourth-order valence-corrected chi connectivity index (χ4v) is 3.17. The summed E-state index contributed by atoms with van der Waals surface area (Å²) in [6.07, 6.45) is 1.76. The van der Waals surface area contributed by atoms with Crippen LogP contribution in [0.2, 0.25) is 0 Å². The second-order valence-electron chi connectivity index (χ2n) is 6.50. The number of aryl methyl sites for hydroxylation is 1. The van der Waals surface area contributed by atoms with E-state index in [1.54, 1.807) is 19.2 Å². The van der Waals surface area contributed by atoms with Crippen LogP contribution in [-0.2, 0) is 13.0 Å². The molecule has 2 aromatic heterocycles. The molecular formula is C22H20N2O5. The second kappa shape index (κ2) is 8.18. The van der Waals surface area contributed by atoms with Crippen molar-refractivity contribution in [3.63, 3.8) is 0 Å². The van der Waals surface area contributed by atoms with Gasteiger partial charge in [-0.2, -0.15) is 4.98 Å². The number of benzene rings is 2. The predicted molar refractivity (Wildman–Crippen MR) is 107 cm³/mol. The molecule has 0 saturated carbocycles. The Kier molecular flexibility index (Phi) is 5.29. The number of para-hydroxylation sites is 1. The van der Waals surface area contributed by atoms with Crippen molar-refractivity contribution < 1.29 is 18.4 Å². The Morgan fingerprint density at radius 3 is 2.79 bits per heavy atom. The second-order valence-corrected chi connectivity index (χ2v) is 6.50. The lowest BCUT2D eigenvalue weighted by molar-refractivity contribution is 0.243. The fourth-order valence-electron chi connectivity index (χ4n) is 3.17. The van der Waals surface area contributed by atoms with Crippen LogP contribution in [0.1, 0.15) is 24.8 Å². The van der Waals surface area contributed by atoms with Crippen molar-refractivity contribution in [3.8, 4) is 22.9 Å². The van der Waals surface area contributed by atoms with Gasteiger partial charge in [-0.05, 0) is 36.2 Å². The molecule has 0 radical (unpaired) electrons. The van der Waals surface area contributed by atoms with E-state index in [4.69, 9.17) is 18.4 Å². The smallest absolute Gasteiger partial charge is 0.336 e. The zero-order valence-electron chi connectivity index (χ0n) is 16.2. The Balaban J connectivity index is 1.53. The van der Waals surface area contributed by atoms with E-state index in [0.717, 1.165) is 29.4 Å². The summed E-state index contributed by atoms with van der Waals surface area (Å²) in [5, 5.41) is 4.91. The molecule has 0 atom stereocenters. The minimum Gasteiger partial charge on any atom is -0.496 e. The van der Waals surface area contributed by atoms with E-state index < -0.39 is 0 Å². The summed E-state index contributed by atoms with van der Waals surface area (Å²) in [6.45, 7) is 2.16. The SMILES string of the molecule is CCCc1cc(=O)oc2cc(OCc3nc(-c4ccccc4OC)no3)ccc12. The van der Waals surface area contributed by atoms with Crippen molar-refractivity contribution in [2.45, 2.75) is 26.4 Å². The van der Waals surface area contributed by atoms with E-state index in [2.05, 4.69) is 17.1 Å². The first-order valence-corrected chi connectivity index (χ1v) is 9.33. The first-order chi connectivity index (χ1) is 14.2. The number of ether oxygens (including phenoxy) is 2. The molecule has 0 saturated heterocycles. The van der Waals surface area contributed by atoms with Crippen molar-refractivity contribution in [1.82, 2.24) is 10.1 Å². The van der Waals surface area contributed by atoms with Crippen LogP contribution >= 0.6 is 0 Å². The van der Waals surface area contributed by atoms with Gasteiger partial charge in [-0.3, -0.25) is 0 Å². The largest absolute Gasteiger partial charge is 0.496 e. The monoisotopic (exact) mass is 392 g/mol. The molecule has 4 rings (SSSR count). The Hall–Kier alpha value is -3.61. The lowest BCUT2D eigenvalue weighted by Gasteiger charge is -2.07. The maximum absolute atomic E-state index is 11.8. The topological polar surface area (TPSA) is 87.6 Å². The molecule has 7 nitrogen and oxygen atoms in total. The molecular weight excluding hydrogens is 372 g/mol. The molecule has 0 aliphatic carbocycles. The van der Waals surface area contributed by atoms with Crippen molar-refractivity contribution >= 4 is 11.0 Å². The van der Waals surface area contributed by atoms with Crippen molar-refractivity contribution in [1.29, 1.82) is 0 Å². The summed E-state index contributed by atoms with van der Waals surface area (Å²) in [4.78, 5) is 16.2. The lowest BCUT2D eigenvalue weighted by atomic mass is 10.1. The van der Waals surface area contributed by atoms with Crippen LogP contribution in [0.15, 0.2) is 62.3 Å². The maximum Gasteiger partial charge on any atom is 0.336 e. The van der Waals surface area contributed by atoms with Gasteiger partial charge in [-0.25, -0.2) is 4.79 Å². The van der Waals surface area contributed by atoms with Crippen LogP contribution in [0.25, 0.3) is 22.4 Å². The number of methoxy groups -OCH3 is 1. The summed E-state index contributed by atoms with van der Waals surface area (Å²) in [5.74, 6) is 1.96. The molecule has 4 aromatic rings. The van der Waals surface area contributed by atoms with E-state index in [0.29, 0.717) is 28.8 Å². The highest BCUT2D eigenvalue weighted by Crippen LogP contribution is 2.28. The fraction of sp³-hybridized carbons (Fsp3) is 0.227. The van der Waals surface area contributed by atoms with E-state index in [9.17, 15) is 4.79 Å². The Morgan fingerprint density at radius 2 is 1.97 bits per heavy atom. The first kappa shape index (κ1) is 18.7. The van der Waals surface area contributed by atoms with Crippen LogP contribution in [-0.4, -0.2) is 17.3 Å². The van der Waals surface area contributed by atoms with Gasteiger partial charge < -0.3 is 18.4 Å². The Labute approximate surface area is 166 Å². The molecule has 0 bridgehead atoms. The highest BCUT2D eigenvalue weighted by molar-refractivity contribution is 5.81. The molecule has 0 aliphatic heterocycles. The third-order valence-corrected chi connectivity index (χ3v) is 4.50. The molecule has 0 amide bonds. The van der Waals surface area contributed by atoms with E-state index in [1.807, 2.05) is 36.4 Å². The number of hydrogen-bond acceptors (Lipinski definition) is 7. The molecule has 148 valence electrons. The molecule has 0 fully saturated rings.